The van der Waals surface area contributed by atoms with E-state index in [1.54, 1.807) is 0 Å². The summed E-state index contributed by atoms with van der Waals surface area (Å²) in [6.45, 7) is 0. The predicted molar refractivity (Wildman–Crippen MR) is 31.4 cm³/mol. The van der Waals surface area contributed by atoms with Crippen molar-refractivity contribution < 1.29 is 32.4 Å². The molecule has 0 unspecified atom stereocenters. The van der Waals surface area contributed by atoms with Crippen LogP contribution in [0.3, 0.4) is 0 Å². The Kier molecular flexibility index (Phi) is 3.06. The standard InChI is InChI=1S/C6H6O3.Fe/c7-4-1-5(8)3-6(9)2-4;/h1-3,7-9H;. The summed E-state index contributed by atoms with van der Waals surface area (Å²) in [5, 5.41) is 26.0. The summed E-state index contributed by atoms with van der Waals surface area (Å²) in [7, 11) is 0. The molecule has 0 saturated heterocycles. The zero-order chi connectivity index (χ0) is 6.85. The van der Waals surface area contributed by atoms with Crippen LogP contribution in [0.15, 0.2) is 18.2 Å². The summed E-state index contributed by atoms with van der Waals surface area (Å²) >= 11 is 0. The fourth-order valence-electron chi connectivity index (χ4n) is 0.580. The van der Waals surface area contributed by atoms with Gasteiger partial charge < -0.3 is 15.3 Å². The Morgan fingerprint density at radius 1 is 0.700 bits per heavy atom. The van der Waals surface area contributed by atoms with E-state index in [2.05, 4.69) is 0 Å². The van der Waals surface area contributed by atoms with Gasteiger partial charge in [0.15, 0.2) is 0 Å². The molecule has 3 nitrogen and oxygen atoms in total. The van der Waals surface area contributed by atoms with Crippen LogP contribution in [0.4, 0.5) is 0 Å². The second-order valence-electron chi connectivity index (χ2n) is 1.71. The summed E-state index contributed by atoms with van der Waals surface area (Å²) in [6.07, 6.45) is 0. The Morgan fingerprint density at radius 3 is 1.10 bits per heavy atom. The van der Waals surface area contributed by atoms with Crippen LogP contribution in [0.5, 0.6) is 17.2 Å². The van der Waals surface area contributed by atoms with Gasteiger partial charge in [0.2, 0.25) is 0 Å². The van der Waals surface area contributed by atoms with E-state index in [4.69, 9.17) is 15.3 Å². The van der Waals surface area contributed by atoms with E-state index in [1.165, 1.54) is 0 Å². The van der Waals surface area contributed by atoms with Gasteiger partial charge in [-0.3, -0.25) is 0 Å². The number of aromatic hydroxyl groups is 3. The van der Waals surface area contributed by atoms with Crippen molar-refractivity contribution in [3.8, 4) is 17.2 Å². The third kappa shape index (κ3) is 2.17. The molecule has 4 heteroatoms. The van der Waals surface area contributed by atoms with Gasteiger partial charge in [-0.05, 0) is 0 Å². The molecule has 1 aromatic rings. The molecular weight excluding hydrogens is 176 g/mol. The Bertz CT molecular complexity index is 174. The topological polar surface area (TPSA) is 60.7 Å². The molecule has 0 atom stereocenters. The molecule has 0 aliphatic rings. The molecule has 0 aliphatic carbocycles. The smallest absolute Gasteiger partial charge is 0.122 e. The van der Waals surface area contributed by atoms with Crippen LogP contribution < -0.4 is 0 Å². The van der Waals surface area contributed by atoms with Crippen LogP contribution in [-0.2, 0) is 17.1 Å². The zero-order valence-electron chi connectivity index (χ0n) is 4.93. The monoisotopic (exact) mass is 182 g/mol. The van der Waals surface area contributed by atoms with Crippen LogP contribution >= 0.6 is 0 Å². The van der Waals surface area contributed by atoms with Crippen molar-refractivity contribution in [1.29, 1.82) is 0 Å². The Hall–Kier alpha value is -0.861. The van der Waals surface area contributed by atoms with Crippen molar-refractivity contribution in [1.82, 2.24) is 0 Å². The summed E-state index contributed by atoms with van der Waals surface area (Å²) in [4.78, 5) is 0. The first-order valence-corrected chi connectivity index (χ1v) is 2.40. The predicted octanol–water partition coefficient (Wildman–Crippen LogP) is 0.801. The minimum absolute atomic E-state index is 0. The van der Waals surface area contributed by atoms with E-state index >= 15 is 0 Å². The van der Waals surface area contributed by atoms with Gasteiger partial charge in [0, 0.05) is 35.3 Å². The average molecular weight is 182 g/mol. The van der Waals surface area contributed by atoms with E-state index in [1.807, 2.05) is 0 Å². The van der Waals surface area contributed by atoms with Gasteiger partial charge in [0.1, 0.15) is 17.2 Å². The van der Waals surface area contributed by atoms with Crippen LogP contribution in [0.25, 0.3) is 0 Å². The molecule has 0 aromatic heterocycles. The second-order valence-corrected chi connectivity index (χ2v) is 1.71. The van der Waals surface area contributed by atoms with Gasteiger partial charge in [-0.1, -0.05) is 0 Å². The van der Waals surface area contributed by atoms with Crippen molar-refractivity contribution in [2.45, 2.75) is 0 Å². The Balaban J connectivity index is 0.000000810. The largest absolute Gasteiger partial charge is 0.508 e. The third-order valence-corrected chi connectivity index (χ3v) is 0.887. The van der Waals surface area contributed by atoms with Gasteiger partial charge in [-0.2, -0.15) is 0 Å². The fraction of sp³-hybridized carbons (Fsp3) is 0. The van der Waals surface area contributed by atoms with Crippen molar-refractivity contribution in [3.63, 3.8) is 0 Å². The zero-order valence-corrected chi connectivity index (χ0v) is 6.03. The molecule has 0 radical (unpaired) electrons. The first-order chi connectivity index (χ1) is 4.18. The Labute approximate surface area is 68.4 Å². The summed E-state index contributed by atoms with van der Waals surface area (Å²) in [5.41, 5.74) is 0. The number of phenols is 3. The average Bonchev–Trinajstić information content (AvgIpc) is 1.59. The molecule has 0 bridgehead atoms. The fourth-order valence-corrected chi connectivity index (χ4v) is 0.580. The number of benzene rings is 1. The molecule has 3 N–H and O–H groups in total. The summed E-state index contributed by atoms with van der Waals surface area (Å²) in [6, 6.07) is 3.42. The molecule has 0 spiro atoms. The first kappa shape index (κ1) is 9.14. The minimum Gasteiger partial charge on any atom is -0.508 e. The molecule has 0 amide bonds. The third-order valence-electron chi connectivity index (χ3n) is 0.887. The summed E-state index contributed by atoms with van der Waals surface area (Å²) in [5.74, 6) is -0.437. The Morgan fingerprint density at radius 2 is 0.900 bits per heavy atom. The number of hydrogen-bond acceptors (Lipinski definition) is 3. The van der Waals surface area contributed by atoms with E-state index in [0.29, 0.717) is 0 Å². The molecule has 0 heterocycles. The molecule has 56 valence electrons. The normalized spacial score (nSPS) is 8.40. The first-order valence-electron chi connectivity index (χ1n) is 2.40. The van der Waals surface area contributed by atoms with Gasteiger partial charge >= 0.3 is 0 Å². The molecule has 0 saturated carbocycles. The molecule has 10 heavy (non-hydrogen) atoms. The van der Waals surface area contributed by atoms with Gasteiger partial charge in [0.05, 0.1) is 0 Å². The molecule has 0 fully saturated rings. The van der Waals surface area contributed by atoms with E-state index < -0.39 is 0 Å². The quantitative estimate of drug-likeness (QED) is 0.520. The van der Waals surface area contributed by atoms with Crippen LogP contribution in [0.1, 0.15) is 0 Å². The number of phenolic OH excluding ortho intramolecular Hbond substituents is 3. The van der Waals surface area contributed by atoms with Crippen molar-refractivity contribution in [2.75, 3.05) is 0 Å². The van der Waals surface area contributed by atoms with E-state index in [0.717, 1.165) is 18.2 Å². The SMILES string of the molecule is Oc1cc(O)cc(O)c1.[Fe]. The number of hydrogen-bond donors (Lipinski definition) is 3. The molecule has 1 rings (SSSR count). The van der Waals surface area contributed by atoms with E-state index in [9.17, 15) is 0 Å². The van der Waals surface area contributed by atoms with Crippen molar-refractivity contribution >= 4 is 0 Å². The molecular formula is C6H6FeO3. The van der Waals surface area contributed by atoms with Gasteiger partial charge in [-0.15, -0.1) is 0 Å². The van der Waals surface area contributed by atoms with Crippen molar-refractivity contribution in [2.24, 2.45) is 0 Å². The maximum absolute atomic E-state index is 8.67. The van der Waals surface area contributed by atoms with E-state index in [-0.39, 0.29) is 34.3 Å². The van der Waals surface area contributed by atoms with Crippen LogP contribution in [0, 0.1) is 0 Å². The van der Waals surface area contributed by atoms with Gasteiger partial charge in [0.25, 0.3) is 0 Å². The van der Waals surface area contributed by atoms with Gasteiger partial charge in [-0.25, -0.2) is 0 Å². The van der Waals surface area contributed by atoms with Crippen LogP contribution in [-0.4, -0.2) is 15.3 Å². The number of rotatable bonds is 0. The minimum atomic E-state index is -0.146. The second kappa shape index (κ2) is 3.34. The van der Waals surface area contributed by atoms with Crippen LogP contribution in [0.2, 0.25) is 0 Å². The molecule has 0 aliphatic heterocycles. The summed E-state index contributed by atoms with van der Waals surface area (Å²) < 4.78 is 0. The maximum Gasteiger partial charge on any atom is 0.122 e. The molecule has 1 aromatic carbocycles. The maximum atomic E-state index is 8.67. The van der Waals surface area contributed by atoms with Crippen molar-refractivity contribution in [3.05, 3.63) is 18.2 Å².